The van der Waals surface area contributed by atoms with Crippen LogP contribution < -0.4 is 5.73 Å². The lowest BCUT2D eigenvalue weighted by Gasteiger charge is -2.11. The Morgan fingerprint density at radius 3 is 2.67 bits per heavy atom. The van der Waals surface area contributed by atoms with E-state index < -0.39 is 0 Å². The molecule has 1 aromatic heterocycles. The van der Waals surface area contributed by atoms with E-state index >= 15 is 0 Å². The zero-order valence-corrected chi connectivity index (χ0v) is 11.5. The average molecular weight is 350 g/mol. The van der Waals surface area contributed by atoms with Crippen LogP contribution in [-0.2, 0) is 0 Å². The Labute approximate surface area is 111 Å². The lowest BCUT2D eigenvalue weighted by Crippen LogP contribution is -2.11. The zero-order chi connectivity index (χ0) is 10.8. The molecule has 0 fully saturated rings. The van der Waals surface area contributed by atoms with Crippen molar-refractivity contribution in [1.29, 1.82) is 0 Å². The van der Waals surface area contributed by atoms with E-state index in [0.717, 1.165) is 16.1 Å². The average Bonchev–Trinajstić information content (AvgIpc) is 2.65. The molecule has 2 N–H and O–H groups in total. The van der Waals surface area contributed by atoms with Crippen LogP contribution in [0.1, 0.15) is 17.2 Å². The van der Waals surface area contributed by atoms with E-state index in [1.807, 2.05) is 24.3 Å². The first kappa shape index (κ1) is 11.4. The summed E-state index contributed by atoms with van der Waals surface area (Å²) in [4.78, 5) is 0. The first-order valence-electron chi connectivity index (χ1n) is 4.42. The van der Waals surface area contributed by atoms with Crippen LogP contribution in [0, 0.1) is 2.88 Å². The summed E-state index contributed by atoms with van der Waals surface area (Å²) in [5, 5.41) is 2.81. The summed E-state index contributed by atoms with van der Waals surface area (Å²) < 4.78 is 1.24. The predicted molar refractivity (Wildman–Crippen MR) is 74.5 cm³/mol. The Balaban J connectivity index is 2.36. The standard InChI is InChI=1S/C11H9ClINS/c12-9-4-2-1-3-8(9)11(14)7-5-10(13)15-6-7/h1-6,11H,14H2. The van der Waals surface area contributed by atoms with Gasteiger partial charge in [-0.1, -0.05) is 29.8 Å². The van der Waals surface area contributed by atoms with Crippen LogP contribution in [0.2, 0.25) is 5.02 Å². The highest BCUT2D eigenvalue weighted by atomic mass is 127. The maximum Gasteiger partial charge on any atom is 0.0656 e. The van der Waals surface area contributed by atoms with Gasteiger partial charge in [0.15, 0.2) is 0 Å². The summed E-state index contributed by atoms with van der Waals surface area (Å²) in [5.41, 5.74) is 8.25. The topological polar surface area (TPSA) is 26.0 Å². The maximum absolute atomic E-state index is 6.15. The fraction of sp³-hybridized carbons (Fsp3) is 0.0909. The first-order chi connectivity index (χ1) is 7.18. The molecule has 2 rings (SSSR count). The summed E-state index contributed by atoms with van der Waals surface area (Å²) in [6, 6.07) is 9.68. The van der Waals surface area contributed by atoms with E-state index in [2.05, 4.69) is 34.0 Å². The van der Waals surface area contributed by atoms with E-state index in [-0.39, 0.29) is 6.04 Å². The second-order valence-electron chi connectivity index (χ2n) is 3.18. The van der Waals surface area contributed by atoms with E-state index in [0.29, 0.717) is 0 Å². The molecule has 2 aromatic rings. The summed E-state index contributed by atoms with van der Waals surface area (Å²) in [5.74, 6) is 0. The van der Waals surface area contributed by atoms with E-state index in [9.17, 15) is 0 Å². The van der Waals surface area contributed by atoms with E-state index in [1.165, 1.54) is 2.88 Å². The maximum atomic E-state index is 6.15. The lowest BCUT2D eigenvalue weighted by molar-refractivity contribution is 0.877. The Morgan fingerprint density at radius 1 is 1.33 bits per heavy atom. The molecule has 1 aromatic carbocycles. The fourth-order valence-electron chi connectivity index (χ4n) is 1.39. The van der Waals surface area contributed by atoms with Gasteiger partial charge in [0.05, 0.1) is 8.93 Å². The van der Waals surface area contributed by atoms with Gasteiger partial charge in [-0.25, -0.2) is 0 Å². The van der Waals surface area contributed by atoms with Crippen LogP contribution in [0.25, 0.3) is 0 Å². The molecule has 0 aliphatic rings. The third-order valence-corrected chi connectivity index (χ3v) is 4.34. The molecular weight excluding hydrogens is 341 g/mol. The van der Waals surface area contributed by atoms with Gasteiger partial charge in [-0.15, -0.1) is 11.3 Å². The van der Waals surface area contributed by atoms with Crippen molar-refractivity contribution >= 4 is 45.5 Å². The highest BCUT2D eigenvalue weighted by Crippen LogP contribution is 2.29. The van der Waals surface area contributed by atoms with Crippen LogP contribution in [0.4, 0.5) is 0 Å². The van der Waals surface area contributed by atoms with Crippen molar-refractivity contribution in [1.82, 2.24) is 0 Å². The number of thiophene rings is 1. The van der Waals surface area contributed by atoms with Gasteiger partial charge < -0.3 is 5.73 Å². The van der Waals surface area contributed by atoms with E-state index in [4.69, 9.17) is 17.3 Å². The van der Waals surface area contributed by atoms with Gasteiger partial charge in [0, 0.05) is 5.02 Å². The number of nitrogens with two attached hydrogens (primary N) is 1. The molecule has 0 radical (unpaired) electrons. The number of rotatable bonds is 2. The highest BCUT2D eigenvalue weighted by molar-refractivity contribution is 14.1. The molecule has 1 atom stereocenters. The van der Waals surface area contributed by atoms with Crippen LogP contribution in [0.15, 0.2) is 35.7 Å². The van der Waals surface area contributed by atoms with Gasteiger partial charge in [0.2, 0.25) is 0 Å². The van der Waals surface area contributed by atoms with E-state index in [1.54, 1.807) is 11.3 Å². The molecule has 1 heterocycles. The number of benzene rings is 1. The third kappa shape index (κ3) is 2.53. The predicted octanol–water partition coefficient (Wildman–Crippen LogP) is 4.05. The summed E-state index contributed by atoms with van der Waals surface area (Å²) >= 11 is 10.1. The fourth-order valence-corrected chi connectivity index (χ4v) is 3.06. The minimum Gasteiger partial charge on any atom is -0.320 e. The van der Waals surface area contributed by atoms with Crippen molar-refractivity contribution < 1.29 is 0 Å². The van der Waals surface area contributed by atoms with Gasteiger partial charge in [0.25, 0.3) is 0 Å². The molecule has 0 bridgehead atoms. The quantitative estimate of drug-likeness (QED) is 0.813. The largest absolute Gasteiger partial charge is 0.320 e. The lowest BCUT2D eigenvalue weighted by atomic mass is 10.0. The minimum atomic E-state index is -0.126. The first-order valence-corrected chi connectivity index (χ1v) is 6.76. The van der Waals surface area contributed by atoms with Crippen LogP contribution in [-0.4, -0.2) is 0 Å². The molecule has 4 heteroatoms. The molecule has 1 nitrogen and oxygen atoms in total. The van der Waals surface area contributed by atoms with Gasteiger partial charge in [-0.3, -0.25) is 0 Å². The molecule has 0 amide bonds. The van der Waals surface area contributed by atoms with Crippen molar-refractivity contribution in [3.63, 3.8) is 0 Å². The third-order valence-electron chi connectivity index (χ3n) is 2.19. The van der Waals surface area contributed by atoms with Gasteiger partial charge in [-0.2, -0.15) is 0 Å². The van der Waals surface area contributed by atoms with Gasteiger partial charge in [0.1, 0.15) is 0 Å². The van der Waals surface area contributed by atoms with Crippen LogP contribution in [0.5, 0.6) is 0 Å². The number of halogens is 2. The van der Waals surface area contributed by atoms with Crippen LogP contribution in [0.3, 0.4) is 0 Å². The summed E-state index contributed by atoms with van der Waals surface area (Å²) in [6.07, 6.45) is 0. The Morgan fingerprint density at radius 2 is 2.07 bits per heavy atom. The summed E-state index contributed by atoms with van der Waals surface area (Å²) in [6.45, 7) is 0. The molecule has 78 valence electrons. The molecule has 0 aliphatic heterocycles. The van der Waals surface area contributed by atoms with Crippen molar-refractivity contribution in [3.05, 3.63) is 54.7 Å². The molecule has 0 aliphatic carbocycles. The smallest absolute Gasteiger partial charge is 0.0656 e. The Hall–Kier alpha value is -0.100. The molecule has 1 unspecified atom stereocenters. The zero-order valence-electron chi connectivity index (χ0n) is 7.78. The van der Waals surface area contributed by atoms with Crippen molar-refractivity contribution in [2.45, 2.75) is 6.04 Å². The van der Waals surface area contributed by atoms with Gasteiger partial charge >= 0.3 is 0 Å². The SMILES string of the molecule is NC(c1csc(I)c1)c1ccccc1Cl. The molecular formula is C11H9ClINS. The molecule has 0 saturated carbocycles. The number of hydrogen-bond donors (Lipinski definition) is 1. The highest BCUT2D eigenvalue weighted by Gasteiger charge is 2.12. The Bertz CT molecular complexity index is 469. The Kier molecular flexibility index (Phi) is 3.66. The van der Waals surface area contributed by atoms with Crippen LogP contribution >= 0.6 is 45.5 Å². The normalized spacial score (nSPS) is 12.7. The van der Waals surface area contributed by atoms with Crippen molar-refractivity contribution in [3.8, 4) is 0 Å². The van der Waals surface area contributed by atoms with Gasteiger partial charge in [-0.05, 0) is 51.2 Å². The minimum absolute atomic E-state index is 0.126. The van der Waals surface area contributed by atoms with Crippen molar-refractivity contribution in [2.75, 3.05) is 0 Å². The monoisotopic (exact) mass is 349 g/mol. The summed E-state index contributed by atoms with van der Waals surface area (Å²) in [7, 11) is 0. The van der Waals surface area contributed by atoms with Crippen molar-refractivity contribution in [2.24, 2.45) is 5.73 Å². The second-order valence-corrected chi connectivity index (χ2v) is 6.40. The molecule has 0 saturated heterocycles. The number of hydrogen-bond acceptors (Lipinski definition) is 2. The molecule has 0 spiro atoms. The second kappa shape index (κ2) is 4.82. The molecule has 15 heavy (non-hydrogen) atoms.